The van der Waals surface area contributed by atoms with Crippen molar-refractivity contribution in [1.82, 2.24) is 0 Å². The summed E-state index contributed by atoms with van der Waals surface area (Å²) in [7, 11) is 0. The first-order chi connectivity index (χ1) is 11.4. The highest BCUT2D eigenvalue weighted by molar-refractivity contribution is 6.30. The molecule has 2 amide bonds. The van der Waals surface area contributed by atoms with E-state index in [4.69, 9.17) is 16.3 Å². The Morgan fingerprint density at radius 3 is 2.33 bits per heavy atom. The lowest BCUT2D eigenvalue weighted by Gasteiger charge is -2.09. The van der Waals surface area contributed by atoms with Crippen LogP contribution in [0.4, 0.5) is 16.2 Å². The minimum atomic E-state index is -0.396. The van der Waals surface area contributed by atoms with Crippen LogP contribution >= 0.6 is 11.6 Å². The van der Waals surface area contributed by atoms with Crippen molar-refractivity contribution in [3.05, 3.63) is 59.1 Å². The van der Waals surface area contributed by atoms with Gasteiger partial charge in [0, 0.05) is 16.4 Å². The first kappa shape index (κ1) is 17.8. The molecule has 0 aliphatic heterocycles. The van der Waals surface area contributed by atoms with Gasteiger partial charge in [-0.2, -0.15) is 0 Å². The number of halogens is 1. The van der Waals surface area contributed by atoms with Gasteiger partial charge >= 0.3 is 12.0 Å². The van der Waals surface area contributed by atoms with Crippen LogP contribution in [0.25, 0.3) is 0 Å². The fourth-order valence-electron chi connectivity index (χ4n) is 1.88. The van der Waals surface area contributed by atoms with Gasteiger partial charge in [-0.15, -0.1) is 0 Å². The van der Waals surface area contributed by atoms with Crippen molar-refractivity contribution in [3.63, 3.8) is 0 Å². The van der Waals surface area contributed by atoms with Gasteiger partial charge in [-0.1, -0.05) is 31.5 Å². The van der Waals surface area contributed by atoms with Gasteiger partial charge in [-0.25, -0.2) is 9.59 Å². The first-order valence-electron chi connectivity index (χ1n) is 7.55. The second-order valence-electron chi connectivity index (χ2n) is 5.66. The summed E-state index contributed by atoms with van der Waals surface area (Å²) in [4.78, 5) is 23.8. The summed E-state index contributed by atoms with van der Waals surface area (Å²) in [6, 6.07) is 13.0. The largest absolute Gasteiger partial charge is 0.462 e. The number of rotatable bonds is 5. The number of hydrogen-bond acceptors (Lipinski definition) is 3. The van der Waals surface area contributed by atoms with E-state index in [2.05, 4.69) is 10.6 Å². The van der Waals surface area contributed by atoms with Crippen LogP contribution in [0.3, 0.4) is 0 Å². The van der Waals surface area contributed by atoms with Gasteiger partial charge in [0.1, 0.15) is 0 Å². The zero-order valence-corrected chi connectivity index (χ0v) is 14.3. The lowest BCUT2D eigenvalue weighted by atomic mass is 10.2. The zero-order valence-electron chi connectivity index (χ0n) is 13.5. The topological polar surface area (TPSA) is 67.4 Å². The van der Waals surface area contributed by atoms with Crippen molar-refractivity contribution < 1.29 is 14.3 Å². The molecule has 0 saturated carbocycles. The predicted molar refractivity (Wildman–Crippen MR) is 95.7 cm³/mol. The monoisotopic (exact) mass is 346 g/mol. The summed E-state index contributed by atoms with van der Waals surface area (Å²) in [5, 5.41) is 5.90. The summed E-state index contributed by atoms with van der Waals surface area (Å²) in [5.41, 5.74) is 1.60. The normalized spacial score (nSPS) is 10.3. The summed E-state index contributed by atoms with van der Waals surface area (Å²) < 4.78 is 5.15. The molecule has 0 bridgehead atoms. The number of benzene rings is 2. The van der Waals surface area contributed by atoms with E-state index in [1.54, 1.807) is 48.5 Å². The Kier molecular flexibility index (Phi) is 6.21. The van der Waals surface area contributed by atoms with Crippen molar-refractivity contribution >= 4 is 35.0 Å². The Balaban J connectivity index is 1.91. The van der Waals surface area contributed by atoms with Crippen LogP contribution < -0.4 is 10.6 Å². The van der Waals surface area contributed by atoms with E-state index in [0.29, 0.717) is 28.6 Å². The minimum Gasteiger partial charge on any atom is -0.462 e. The fourth-order valence-corrected chi connectivity index (χ4v) is 2.07. The molecule has 0 radical (unpaired) electrons. The maximum absolute atomic E-state index is 11.9. The Hall–Kier alpha value is -2.53. The molecule has 2 rings (SSSR count). The molecule has 0 heterocycles. The van der Waals surface area contributed by atoms with Crippen molar-refractivity contribution in [1.29, 1.82) is 0 Å². The molecule has 2 N–H and O–H groups in total. The first-order valence-corrected chi connectivity index (χ1v) is 7.92. The van der Waals surface area contributed by atoms with Gasteiger partial charge in [-0.3, -0.25) is 0 Å². The molecule has 126 valence electrons. The number of hydrogen-bond donors (Lipinski definition) is 2. The standard InChI is InChI=1S/C18H19ClN2O3/c1-12(2)11-24-17(22)13-6-8-15(9-7-13)20-18(23)21-16-5-3-4-14(19)10-16/h3-10,12H,11H2,1-2H3,(H2,20,21,23). The zero-order chi connectivity index (χ0) is 17.5. The third-order valence-electron chi connectivity index (χ3n) is 3.01. The van der Waals surface area contributed by atoms with Crippen LogP contribution in [-0.4, -0.2) is 18.6 Å². The molecule has 24 heavy (non-hydrogen) atoms. The maximum Gasteiger partial charge on any atom is 0.338 e. The molecular formula is C18H19ClN2O3. The van der Waals surface area contributed by atoms with E-state index in [1.807, 2.05) is 13.8 Å². The Bertz CT molecular complexity index is 714. The van der Waals surface area contributed by atoms with Gasteiger partial charge in [0.25, 0.3) is 0 Å². The summed E-state index contributed by atoms with van der Waals surface area (Å²) in [5.74, 6) is -0.0938. The van der Waals surface area contributed by atoms with Crippen LogP contribution in [0.15, 0.2) is 48.5 Å². The summed E-state index contributed by atoms with van der Waals surface area (Å²) in [6.07, 6.45) is 0. The molecule has 0 unspecified atom stereocenters. The van der Waals surface area contributed by atoms with Crippen molar-refractivity contribution in [2.24, 2.45) is 5.92 Å². The second kappa shape index (κ2) is 8.36. The van der Waals surface area contributed by atoms with Gasteiger partial charge in [0.15, 0.2) is 0 Å². The Morgan fingerprint density at radius 1 is 1.04 bits per heavy atom. The molecule has 0 aromatic heterocycles. The maximum atomic E-state index is 11.9. The molecule has 2 aromatic rings. The highest BCUT2D eigenvalue weighted by atomic mass is 35.5. The number of nitrogens with one attached hydrogen (secondary N) is 2. The molecule has 0 saturated heterocycles. The Morgan fingerprint density at radius 2 is 1.71 bits per heavy atom. The lowest BCUT2D eigenvalue weighted by molar-refractivity contribution is 0.0459. The van der Waals surface area contributed by atoms with Crippen LogP contribution in [0, 0.1) is 5.92 Å². The van der Waals surface area contributed by atoms with Gasteiger partial charge in [-0.05, 0) is 48.4 Å². The number of ether oxygens (including phenoxy) is 1. The molecule has 6 heteroatoms. The summed E-state index contributed by atoms with van der Waals surface area (Å²) >= 11 is 5.87. The van der Waals surface area contributed by atoms with Crippen LogP contribution in [-0.2, 0) is 4.74 Å². The van der Waals surface area contributed by atoms with Crippen LogP contribution in [0.5, 0.6) is 0 Å². The van der Waals surface area contributed by atoms with E-state index < -0.39 is 6.03 Å². The van der Waals surface area contributed by atoms with Crippen molar-refractivity contribution in [3.8, 4) is 0 Å². The number of anilines is 2. The van der Waals surface area contributed by atoms with E-state index >= 15 is 0 Å². The van der Waals surface area contributed by atoms with E-state index in [-0.39, 0.29) is 11.9 Å². The highest BCUT2D eigenvalue weighted by Gasteiger charge is 2.09. The number of amides is 2. The fraction of sp³-hybridized carbons (Fsp3) is 0.222. The molecule has 0 aliphatic rings. The molecular weight excluding hydrogens is 328 g/mol. The van der Waals surface area contributed by atoms with Gasteiger partial charge in [0.05, 0.1) is 12.2 Å². The number of urea groups is 1. The highest BCUT2D eigenvalue weighted by Crippen LogP contribution is 2.16. The van der Waals surface area contributed by atoms with Crippen LogP contribution in [0.1, 0.15) is 24.2 Å². The lowest BCUT2D eigenvalue weighted by Crippen LogP contribution is -2.19. The second-order valence-corrected chi connectivity index (χ2v) is 6.10. The number of carbonyl (C=O) groups excluding carboxylic acids is 2. The Labute approximate surface area is 146 Å². The van der Waals surface area contributed by atoms with Crippen LogP contribution in [0.2, 0.25) is 5.02 Å². The average molecular weight is 347 g/mol. The summed E-state index contributed by atoms with van der Waals surface area (Å²) in [6.45, 7) is 4.32. The molecule has 0 spiro atoms. The van der Waals surface area contributed by atoms with E-state index in [1.165, 1.54) is 0 Å². The van der Waals surface area contributed by atoms with E-state index in [0.717, 1.165) is 0 Å². The molecule has 0 fully saturated rings. The average Bonchev–Trinajstić information content (AvgIpc) is 2.53. The number of esters is 1. The number of carbonyl (C=O) groups is 2. The SMILES string of the molecule is CC(C)COC(=O)c1ccc(NC(=O)Nc2cccc(Cl)c2)cc1. The third-order valence-corrected chi connectivity index (χ3v) is 3.24. The quantitative estimate of drug-likeness (QED) is 0.764. The van der Waals surface area contributed by atoms with Crippen molar-refractivity contribution in [2.45, 2.75) is 13.8 Å². The third kappa shape index (κ3) is 5.59. The molecule has 5 nitrogen and oxygen atoms in total. The molecule has 0 aliphatic carbocycles. The smallest absolute Gasteiger partial charge is 0.338 e. The van der Waals surface area contributed by atoms with Gasteiger partial charge in [0.2, 0.25) is 0 Å². The van der Waals surface area contributed by atoms with Gasteiger partial charge < -0.3 is 15.4 Å². The predicted octanol–water partition coefficient (Wildman–Crippen LogP) is 4.80. The minimum absolute atomic E-state index is 0.282. The molecule has 0 atom stereocenters. The van der Waals surface area contributed by atoms with E-state index in [9.17, 15) is 9.59 Å². The van der Waals surface area contributed by atoms with Crippen molar-refractivity contribution in [2.75, 3.05) is 17.2 Å². The molecule has 2 aromatic carbocycles.